The zero-order valence-corrected chi connectivity index (χ0v) is 10.5. The van der Waals surface area contributed by atoms with Crippen LogP contribution >= 0.6 is 0 Å². The van der Waals surface area contributed by atoms with Crippen LogP contribution in [0.4, 0.5) is 0 Å². The maximum atomic E-state index is 10.9. The molecule has 17 heavy (non-hydrogen) atoms. The standard InChI is InChI=1S/C13H20O4/c1-3-16-13(15)10-8-6-4-5-7-9-11-17-12(2)14/h4,6,8,10H,3,5,7,9,11H2,1-2H3/b6-4-,10-8+. The Morgan fingerprint density at radius 2 is 1.88 bits per heavy atom. The van der Waals surface area contributed by atoms with Crippen LogP contribution in [-0.4, -0.2) is 25.2 Å². The average molecular weight is 240 g/mol. The first-order chi connectivity index (χ1) is 8.16. The highest BCUT2D eigenvalue weighted by Gasteiger charge is 1.92. The van der Waals surface area contributed by atoms with Gasteiger partial charge in [-0.1, -0.05) is 18.2 Å². The third kappa shape index (κ3) is 12.4. The number of hydrogen-bond acceptors (Lipinski definition) is 4. The molecule has 0 aromatic carbocycles. The van der Waals surface area contributed by atoms with Gasteiger partial charge in [0.1, 0.15) is 0 Å². The molecular formula is C13H20O4. The third-order valence-electron chi connectivity index (χ3n) is 1.84. The number of hydrogen-bond donors (Lipinski definition) is 0. The van der Waals surface area contributed by atoms with Gasteiger partial charge in [0, 0.05) is 13.0 Å². The Labute approximate surface area is 102 Å². The smallest absolute Gasteiger partial charge is 0.330 e. The number of ether oxygens (including phenoxy) is 2. The van der Waals surface area contributed by atoms with Gasteiger partial charge in [-0.2, -0.15) is 0 Å². The second-order valence-electron chi connectivity index (χ2n) is 3.38. The maximum Gasteiger partial charge on any atom is 0.330 e. The minimum absolute atomic E-state index is 0.238. The van der Waals surface area contributed by atoms with Crippen LogP contribution < -0.4 is 0 Å². The predicted octanol–water partition coefficient (Wildman–Crippen LogP) is 2.40. The van der Waals surface area contributed by atoms with Gasteiger partial charge < -0.3 is 9.47 Å². The number of rotatable bonds is 8. The molecule has 4 heteroatoms. The number of allylic oxidation sites excluding steroid dienone is 3. The highest BCUT2D eigenvalue weighted by Crippen LogP contribution is 1.97. The van der Waals surface area contributed by atoms with Crippen molar-refractivity contribution in [3.63, 3.8) is 0 Å². The molecule has 0 amide bonds. The van der Waals surface area contributed by atoms with Crippen LogP contribution in [0.5, 0.6) is 0 Å². The summed E-state index contributed by atoms with van der Waals surface area (Å²) in [5, 5.41) is 0. The Hall–Kier alpha value is -1.58. The quantitative estimate of drug-likeness (QED) is 0.283. The first-order valence-electron chi connectivity index (χ1n) is 5.80. The van der Waals surface area contributed by atoms with E-state index in [1.165, 1.54) is 13.0 Å². The summed E-state index contributed by atoms with van der Waals surface area (Å²) in [6.45, 7) is 4.04. The van der Waals surface area contributed by atoms with Crippen molar-refractivity contribution in [3.8, 4) is 0 Å². The lowest BCUT2D eigenvalue weighted by Crippen LogP contribution is -1.99. The summed E-state index contributed by atoms with van der Waals surface area (Å²) in [7, 11) is 0. The number of carbonyl (C=O) groups is 2. The van der Waals surface area contributed by atoms with Crippen LogP contribution in [-0.2, 0) is 19.1 Å². The van der Waals surface area contributed by atoms with Crippen LogP contribution in [0.2, 0.25) is 0 Å². The Kier molecular flexibility index (Phi) is 9.91. The van der Waals surface area contributed by atoms with Gasteiger partial charge in [-0.15, -0.1) is 0 Å². The molecule has 0 fully saturated rings. The molecule has 0 atom stereocenters. The molecule has 0 unspecified atom stereocenters. The van der Waals surface area contributed by atoms with Gasteiger partial charge in [0.25, 0.3) is 0 Å². The fourth-order valence-electron chi connectivity index (χ4n) is 1.08. The van der Waals surface area contributed by atoms with Gasteiger partial charge in [-0.05, 0) is 26.2 Å². The lowest BCUT2D eigenvalue weighted by molar-refractivity contribution is -0.141. The lowest BCUT2D eigenvalue weighted by Gasteiger charge is -1.98. The Morgan fingerprint density at radius 3 is 2.53 bits per heavy atom. The predicted molar refractivity (Wildman–Crippen MR) is 65.4 cm³/mol. The minimum Gasteiger partial charge on any atom is -0.466 e. The van der Waals surface area contributed by atoms with E-state index in [1.54, 1.807) is 13.0 Å². The van der Waals surface area contributed by atoms with Crippen molar-refractivity contribution in [2.45, 2.75) is 33.1 Å². The molecule has 0 aliphatic heterocycles. The average Bonchev–Trinajstić information content (AvgIpc) is 2.27. The molecule has 0 aromatic heterocycles. The first kappa shape index (κ1) is 15.4. The number of unbranched alkanes of at least 4 members (excludes halogenated alkanes) is 2. The van der Waals surface area contributed by atoms with Gasteiger partial charge >= 0.3 is 11.9 Å². The summed E-state index contributed by atoms with van der Waals surface area (Å²) >= 11 is 0. The van der Waals surface area contributed by atoms with E-state index in [9.17, 15) is 9.59 Å². The summed E-state index contributed by atoms with van der Waals surface area (Å²) < 4.78 is 9.51. The van der Waals surface area contributed by atoms with E-state index in [4.69, 9.17) is 9.47 Å². The Balaban J connectivity index is 3.42. The zero-order chi connectivity index (χ0) is 12.9. The molecule has 0 aliphatic rings. The molecule has 0 spiro atoms. The van der Waals surface area contributed by atoms with Crippen LogP contribution in [0.1, 0.15) is 33.1 Å². The van der Waals surface area contributed by atoms with E-state index in [1.807, 2.05) is 12.2 Å². The van der Waals surface area contributed by atoms with Crippen LogP contribution in [0.15, 0.2) is 24.3 Å². The molecule has 0 saturated carbocycles. The van der Waals surface area contributed by atoms with Crippen molar-refractivity contribution in [2.24, 2.45) is 0 Å². The molecule has 0 heterocycles. The fourth-order valence-corrected chi connectivity index (χ4v) is 1.08. The highest BCUT2D eigenvalue weighted by atomic mass is 16.5. The monoisotopic (exact) mass is 240 g/mol. The zero-order valence-electron chi connectivity index (χ0n) is 10.5. The van der Waals surface area contributed by atoms with Crippen molar-refractivity contribution in [2.75, 3.05) is 13.2 Å². The largest absolute Gasteiger partial charge is 0.466 e. The van der Waals surface area contributed by atoms with E-state index in [-0.39, 0.29) is 11.9 Å². The van der Waals surface area contributed by atoms with Crippen molar-refractivity contribution < 1.29 is 19.1 Å². The summed E-state index contributed by atoms with van der Waals surface area (Å²) in [6.07, 6.45) is 9.52. The fraction of sp³-hybridized carbons (Fsp3) is 0.538. The normalized spacial score (nSPS) is 10.9. The summed E-state index contributed by atoms with van der Waals surface area (Å²) in [5.74, 6) is -0.565. The summed E-state index contributed by atoms with van der Waals surface area (Å²) in [5.41, 5.74) is 0. The minimum atomic E-state index is -0.327. The van der Waals surface area contributed by atoms with Gasteiger partial charge in [-0.25, -0.2) is 4.79 Å². The van der Waals surface area contributed by atoms with E-state index in [2.05, 4.69) is 0 Å². The molecule has 96 valence electrons. The SMILES string of the molecule is CCOC(=O)/C=C/C=C\CCCCOC(C)=O. The number of esters is 2. The summed E-state index contributed by atoms with van der Waals surface area (Å²) in [4.78, 5) is 21.3. The molecule has 0 aromatic rings. The topological polar surface area (TPSA) is 52.6 Å². The van der Waals surface area contributed by atoms with E-state index in [0.717, 1.165) is 19.3 Å². The van der Waals surface area contributed by atoms with Crippen molar-refractivity contribution in [1.29, 1.82) is 0 Å². The van der Waals surface area contributed by atoms with Gasteiger partial charge in [-0.3, -0.25) is 4.79 Å². The van der Waals surface area contributed by atoms with Crippen LogP contribution in [0.3, 0.4) is 0 Å². The van der Waals surface area contributed by atoms with Crippen LogP contribution in [0, 0.1) is 0 Å². The van der Waals surface area contributed by atoms with Crippen molar-refractivity contribution >= 4 is 11.9 Å². The molecule has 0 bridgehead atoms. The van der Waals surface area contributed by atoms with E-state index in [0.29, 0.717) is 13.2 Å². The molecule has 0 rings (SSSR count). The Morgan fingerprint density at radius 1 is 1.12 bits per heavy atom. The summed E-state index contributed by atoms with van der Waals surface area (Å²) in [6, 6.07) is 0. The van der Waals surface area contributed by atoms with Crippen molar-refractivity contribution in [1.82, 2.24) is 0 Å². The van der Waals surface area contributed by atoms with Crippen molar-refractivity contribution in [3.05, 3.63) is 24.3 Å². The van der Waals surface area contributed by atoms with Gasteiger partial charge in [0.05, 0.1) is 13.2 Å². The molecule has 0 N–H and O–H groups in total. The maximum absolute atomic E-state index is 10.9. The third-order valence-corrected chi connectivity index (χ3v) is 1.84. The second-order valence-corrected chi connectivity index (χ2v) is 3.38. The number of carbonyl (C=O) groups excluding carboxylic acids is 2. The molecular weight excluding hydrogens is 220 g/mol. The van der Waals surface area contributed by atoms with E-state index < -0.39 is 0 Å². The highest BCUT2D eigenvalue weighted by molar-refractivity contribution is 5.82. The van der Waals surface area contributed by atoms with E-state index >= 15 is 0 Å². The van der Waals surface area contributed by atoms with Gasteiger partial charge in [0.2, 0.25) is 0 Å². The molecule has 0 saturated heterocycles. The molecule has 0 aliphatic carbocycles. The molecule has 0 radical (unpaired) electrons. The van der Waals surface area contributed by atoms with Gasteiger partial charge in [0.15, 0.2) is 0 Å². The van der Waals surface area contributed by atoms with Crippen LogP contribution in [0.25, 0.3) is 0 Å². The first-order valence-corrected chi connectivity index (χ1v) is 5.80. The Bertz CT molecular complexity index is 279. The lowest BCUT2D eigenvalue weighted by atomic mass is 10.2. The molecule has 4 nitrogen and oxygen atoms in total. The second kappa shape index (κ2) is 10.9.